The summed E-state index contributed by atoms with van der Waals surface area (Å²) in [6, 6.07) is 6.08. The van der Waals surface area contributed by atoms with E-state index >= 15 is 0 Å². The number of aliphatic hydroxyl groups is 1. The Labute approximate surface area is 212 Å². The predicted molar refractivity (Wildman–Crippen MR) is 137 cm³/mol. The maximum Gasteiger partial charge on any atom is 0.228 e. The number of nitrogens with one attached hydrogen (secondary N) is 1. The van der Waals surface area contributed by atoms with Gasteiger partial charge in [0, 0.05) is 29.1 Å². The summed E-state index contributed by atoms with van der Waals surface area (Å²) in [5, 5.41) is 16.2. The van der Waals surface area contributed by atoms with E-state index in [9.17, 15) is 9.90 Å². The number of aliphatic hydroxyl groups excluding tert-OH is 1. The Morgan fingerprint density at radius 1 is 1.17 bits per heavy atom. The van der Waals surface area contributed by atoms with Crippen molar-refractivity contribution in [3.63, 3.8) is 0 Å². The number of carbonyl (C=O) groups is 1. The second kappa shape index (κ2) is 9.60. The van der Waals surface area contributed by atoms with Gasteiger partial charge in [-0.2, -0.15) is 0 Å². The fourth-order valence-corrected chi connectivity index (χ4v) is 6.23. The Hall–Kier alpha value is -1.77. The largest absolute Gasteiger partial charge is 0.389 e. The van der Waals surface area contributed by atoms with Crippen molar-refractivity contribution in [1.29, 1.82) is 0 Å². The summed E-state index contributed by atoms with van der Waals surface area (Å²) in [4.78, 5) is 19.7. The van der Waals surface area contributed by atoms with Crippen LogP contribution in [0.5, 0.6) is 0 Å². The van der Waals surface area contributed by atoms with Gasteiger partial charge >= 0.3 is 0 Å². The molecule has 0 spiro atoms. The molecule has 4 heterocycles. The summed E-state index contributed by atoms with van der Waals surface area (Å²) in [5.41, 5.74) is 0.552. The number of halogens is 1. The highest BCUT2D eigenvalue weighted by Gasteiger charge is 2.45. The maximum atomic E-state index is 12.9. The van der Waals surface area contributed by atoms with Gasteiger partial charge in [0.05, 0.1) is 30.5 Å². The highest BCUT2D eigenvalue weighted by atomic mass is 35.5. The van der Waals surface area contributed by atoms with Crippen LogP contribution in [0.1, 0.15) is 57.9 Å². The minimum absolute atomic E-state index is 0.00126. The number of pyridine rings is 1. The Kier molecular flexibility index (Phi) is 6.83. The third-order valence-corrected chi connectivity index (χ3v) is 8.53. The third-order valence-electron chi connectivity index (χ3n) is 8.20. The van der Waals surface area contributed by atoms with Crippen LogP contribution in [0.25, 0.3) is 10.8 Å². The molecule has 0 aliphatic carbocycles. The van der Waals surface area contributed by atoms with Crippen molar-refractivity contribution in [3.8, 4) is 0 Å². The Balaban J connectivity index is 1.29. The standard InChI is InChI=1S/C27H36ClN3O4/c1-26(2)13-18(6-9-35-26)25(33)30-24-12-19-10-21(22(28)11-20(19)14-29-24)17-4-7-31(8-5-17)27(3)16-34-15-23(27)32/h10-12,14,17-18,23,32H,4-9,13,15-16H2,1-3H3,(H,29,30,33)/t18-,23-,27+/m1/s1. The van der Waals surface area contributed by atoms with Crippen molar-refractivity contribution < 1.29 is 19.4 Å². The Morgan fingerprint density at radius 2 is 1.94 bits per heavy atom. The number of hydrogen-bond acceptors (Lipinski definition) is 6. The molecule has 3 atom stereocenters. The van der Waals surface area contributed by atoms with Crippen molar-refractivity contribution in [3.05, 3.63) is 35.0 Å². The number of carbonyl (C=O) groups excluding carboxylic acids is 1. The normalized spacial score (nSPS) is 30.0. The number of likely N-dealkylation sites (tertiary alicyclic amines) is 1. The third kappa shape index (κ3) is 5.07. The summed E-state index contributed by atoms with van der Waals surface area (Å²) in [6.45, 7) is 9.53. The lowest BCUT2D eigenvalue weighted by Gasteiger charge is -2.43. The van der Waals surface area contributed by atoms with E-state index in [1.54, 1.807) is 6.20 Å². The molecule has 1 amide bonds. The van der Waals surface area contributed by atoms with Crippen LogP contribution in [0.2, 0.25) is 5.02 Å². The second-order valence-corrected chi connectivity index (χ2v) is 11.6. The highest BCUT2D eigenvalue weighted by Crippen LogP contribution is 2.39. The number of hydrogen-bond donors (Lipinski definition) is 2. The van der Waals surface area contributed by atoms with Gasteiger partial charge in [-0.25, -0.2) is 4.98 Å². The van der Waals surface area contributed by atoms with Crippen LogP contribution in [-0.2, 0) is 14.3 Å². The molecule has 0 saturated carbocycles. The molecule has 7 nitrogen and oxygen atoms in total. The van der Waals surface area contributed by atoms with Crippen molar-refractivity contribution >= 4 is 34.1 Å². The molecule has 2 aromatic rings. The fourth-order valence-electron chi connectivity index (χ4n) is 5.90. The van der Waals surface area contributed by atoms with Crippen molar-refractivity contribution in [1.82, 2.24) is 9.88 Å². The number of rotatable bonds is 4. The van der Waals surface area contributed by atoms with E-state index in [4.69, 9.17) is 21.1 Å². The van der Waals surface area contributed by atoms with E-state index < -0.39 is 6.10 Å². The zero-order valence-corrected chi connectivity index (χ0v) is 21.6. The van der Waals surface area contributed by atoms with Gasteiger partial charge in [-0.15, -0.1) is 0 Å². The molecule has 2 N–H and O–H groups in total. The zero-order chi connectivity index (χ0) is 24.8. The molecule has 8 heteroatoms. The first kappa shape index (κ1) is 24.9. The van der Waals surface area contributed by atoms with E-state index in [1.807, 2.05) is 26.0 Å². The number of nitrogens with zero attached hydrogens (tertiary/aromatic N) is 2. The number of amides is 1. The van der Waals surface area contributed by atoms with Gasteiger partial charge < -0.3 is 19.9 Å². The van der Waals surface area contributed by atoms with E-state index in [0.29, 0.717) is 38.0 Å². The van der Waals surface area contributed by atoms with E-state index in [0.717, 1.165) is 53.7 Å². The van der Waals surface area contributed by atoms with Crippen molar-refractivity contribution in [2.75, 3.05) is 38.2 Å². The summed E-state index contributed by atoms with van der Waals surface area (Å²) in [7, 11) is 0. The van der Waals surface area contributed by atoms with E-state index in [-0.39, 0.29) is 23.0 Å². The average Bonchev–Trinajstić information content (AvgIpc) is 3.17. The van der Waals surface area contributed by atoms with E-state index in [2.05, 4.69) is 28.2 Å². The molecule has 3 saturated heterocycles. The lowest BCUT2D eigenvalue weighted by Crippen LogP contribution is -2.56. The predicted octanol–water partition coefficient (Wildman–Crippen LogP) is 4.36. The molecule has 3 aliphatic heterocycles. The first-order chi connectivity index (χ1) is 16.6. The SMILES string of the molecule is CC1(C)C[C@H](C(=O)Nc2cc3cc(C4CCN([C@@]5(C)COC[C@H]5O)CC4)c(Cl)cc3cn2)CCO1. The Bertz CT molecular complexity index is 1100. The van der Waals surface area contributed by atoms with Gasteiger partial charge in [0.15, 0.2) is 0 Å². The molecule has 190 valence electrons. The lowest BCUT2D eigenvalue weighted by molar-refractivity contribution is -0.130. The average molecular weight is 502 g/mol. The second-order valence-electron chi connectivity index (χ2n) is 11.2. The summed E-state index contributed by atoms with van der Waals surface area (Å²) in [6.07, 6.45) is 4.70. The molecular weight excluding hydrogens is 466 g/mol. The molecule has 3 aliphatic rings. The molecular formula is C27H36ClN3O4. The van der Waals surface area contributed by atoms with Gasteiger partial charge in [0.2, 0.25) is 5.91 Å². The zero-order valence-electron chi connectivity index (χ0n) is 20.8. The topological polar surface area (TPSA) is 83.9 Å². The van der Waals surface area contributed by atoms with Gasteiger partial charge in [-0.3, -0.25) is 9.69 Å². The first-order valence-corrected chi connectivity index (χ1v) is 13.1. The van der Waals surface area contributed by atoms with Crippen LogP contribution in [0.3, 0.4) is 0 Å². The van der Waals surface area contributed by atoms with Gasteiger partial charge in [0.25, 0.3) is 0 Å². The summed E-state index contributed by atoms with van der Waals surface area (Å²) in [5.74, 6) is 0.842. The van der Waals surface area contributed by atoms with Crippen molar-refractivity contribution in [2.24, 2.45) is 5.92 Å². The van der Waals surface area contributed by atoms with Gasteiger partial charge in [-0.1, -0.05) is 11.6 Å². The molecule has 35 heavy (non-hydrogen) atoms. The number of anilines is 1. The number of fused-ring (bicyclic) bond motifs is 1. The van der Waals surface area contributed by atoms with Crippen LogP contribution in [-0.4, -0.2) is 71.1 Å². The van der Waals surface area contributed by atoms with Gasteiger partial charge in [-0.05, 0) is 94.6 Å². The highest BCUT2D eigenvalue weighted by molar-refractivity contribution is 6.32. The molecule has 1 aromatic heterocycles. The van der Waals surface area contributed by atoms with Crippen LogP contribution >= 0.6 is 11.6 Å². The molecule has 0 radical (unpaired) electrons. The van der Waals surface area contributed by atoms with Crippen molar-refractivity contribution in [2.45, 2.75) is 69.6 Å². The molecule has 3 fully saturated rings. The minimum Gasteiger partial charge on any atom is -0.389 e. The first-order valence-electron chi connectivity index (χ1n) is 12.7. The number of benzene rings is 1. The minimum atomic E-state index is -0.448. The number of piperidine rings is 1. The quantitative estimate of drug-likeness (QED) is 0.647. The molecule has 1 aromatic carbocycles. The summed E-state index contributed by atoms with van der Waals surface area (Å²) < 4.78 is 11.3. The van der Waals surface area contributed by atoms with Gasteiger partial charge in [0.1, 0.15) is 5.82 Å². The Morgan fingerprint density at radius 3 is 2.63 bits per heavy atom. The number of ether oxygens (including phenoxy) is 2. The monoisotopic (exact) mass is 501 g/mol. The fraction of sp³-hybridized carbons (Fsp3) is 0.630. The molecule has 0 unspecified atom stereocenters. The van der Waals surface area contributed by atoms with Crippen LogP contribution in [0.4, 0.5) is 5.82 Å². The van der Waals surface area contributed by atoms with Crippen LogP contribution in [0, 0.1) is 5.92 Å². The van der Waals surface area contributed by atoms with Crippen LogP contribution < -0.4 is 5.32 Å². The van der Waals surface area contributed by atoms with E-state index in [1.165, 1.54) is 0 Å². The lowest BCUT2D eigenvalue weighted by atomic mass is 9.85. The molecule has 0 bridgehead atoms. The molecule has 5 rings (SSSR count). The number of aromatic nitrogens is 1. The van der Waals surface area contributed by atoms with Crippen LogP contribution in [0.15, 0.2) is 24.4 Å². The smallest absolute Gasteiger partial charge is 0.228 e. The summed E-state index contributed by atoms with van der Waals surface area (Å²) >= 11 is 6.72. The maximum absolute atomic E-state index is 12.9.